The Morgan fingerprint density at radius 1 is 0.931 bits per heavy atom. The molecule has 1 aliphatic rings. The number of hydrogen-bond donors (Lipinski definition) is 1. The second-order valence-electron chi connectivity index (χ2n) is 7.22. The Labute approximate surface area is 170 Å². The van der Waals surface area contributed by atoms with Gasteiger partial charge in [0.1, 0.15) is 13.2 Å². The summed E-state index contributed by atoms with van der Waals surface area (Å²) in [6.45, 7) is 3.81. The number of ether oxygens (including phenoxy) is 4. The summed E-state index contributed by atoms with van der Waals surface area (Å²) in [5, 5.41) is 9.73. The van der Waals surface area contributed by atoms with Gasteiger partial charge in [0.15, 0.2) is 17.7 Å². The molecule has 1 atom stereocenters. The normalized spacial score (nSPS) is 16.7. The summed E-state index contributed by atoms with van der Waals surface area (Å²) in [5.74, 6) is -1.38. The van der Waals surface area contributed by atoms with Crippen LogP contribution in [0.2, 0.25) is 0 Å². The quantitative estimate of drug-likeness (QED) is 0.486. The van der Waals surface area contributed by atoms with Crippen LogP contribution in [0.5, 0.6) is 0 Å². The van der Waals surface area contributed by atoms with Gasteiger partial charge in [-0.1, -0.05) is 60.7 Å². The van der Waals surface area contributed by atoms with Crippen molar-refractivity contribution in [1.29, 1.82) is 0 Å². The van der Waals surface area contributed by atoms with Crippen molar-refractivity contribution in [3.63, 3.8) is 0 Å². The molecule has 1 aliphatic heterocycles. The van der Waals surface area contributed by atoms with Gasteiger partial charge in [-0.25, -0.2) is 4.79 Å². The molecule has 2 aromatic carbocycles. The Bertz CT molecular complexity index is 823. The van der Waals surface area contributed by atoms with Crippen molar-refractivity contribution in [2.24, 2.45) is 0 Å². The molecule has 0 saturated carbocycles. The summed E-state index contributed by atoms with van der Waals surface area (Å²) in [6, 6.07) is 19.2. The summed E-state index contributed by atoms with van der Waals surface area (Å²) in [5.41, 5.74) is 1.90. The maximum Gasteiger partial charge on any atom is 0.378 e. The Morgan fingerprint density at radius 2 is 1.48 bits per heavy atom. The first-order valence-corrected chi connectivity index (χ1v) is 9.57. The van der Waals surface area contributed by atoms with Gasteiger partial charge in [-0.2, -0.15) is 0 Å². The number of rotatable bonds is 10. The predicted octanol–water partition coefficient (Wildman–Crippen LogP) is 3.69. The standard InChI is InChI=1S/C23H26O6/c1-23(2,25)28-14-13-19-20(26-15-17-9-5-3-6-10-17)21(22(24)29-19)27-16-18-11-7-4-8-12-18/h3-12,19,25H,13-16H2,1-2H3. The number of hydrogen-bond acceptors (Lipinski definition) is 6. The second kappa shape index (κ2) is 9.58. The lowest BCUT2D eigenvalue weighted by Gasteiger charge is -2.20. The van der Waals surface area contributed by atoms with E-state index in [1.165, 1.54) is 0 Å². The summed E-state index contributed by atoms with van der Waals surface area (Å²) in [4.78, 5) is 12.4. The van der Waals surface area contributed by atoms with Gasteiger partial charge in [-0.3, -0.25) is 0 Å². The van der Waals surface area contributed by atoms with Crippen LogP contribution < -0.4 is 0 Å². The third-order valence-corrected chi connectivity index (χ3v) is 4.25. The highest BCUT2D eigenvalue weighted by molar-refractivity contribution is 5.89. The minimum absolute atomic E-state index is 0.0815. The lowest BCUT2D eigenvalue weighted by molar-refractivity contribution is -0.180. The molecule has 154 valence electrons. The molecule has 1 heterocycles. The van der Waals surface area contributed by atoms with Crippen molar-refractivity contribution < 1.29 is 28.8 Å². The number of aliphatic hydroxyl groups is 1. The van der Waals surface area contributed by atoms with Crippen molar-refractivity contribution in [1.82, 2.24) is 0 Å². The van der Waals surface area contributed by atoms with Crippen LogP contribution in [-0.2, 0) is 37.0 Å². The summed E-state index contributed by atoms with van der Waals surface area (Å²) < 4.78 is 22.5. The molecule has 0 aromatic heterocycles. The Kier molecular flexibility index (Phi) is 6.90. The van der Waals surface area contributed by atoms with Gasteiger partial charge in [0.05, 0.1) is 6.61 Å². The van der Waals surface area contributed by atoms with E-state index in [9.17, 15) is 9.90 Å². The predicted molar refractivity (Wildman–Crippen MR) is 106 cm³/mol. The molecule has 0 fully saturated rings. The molecule has 29 heavy (non-hydrogen) atoms. The van der Waals surface area contributed by atoms with E-state index in [2.05, 4.69) is 0 Å². The third kappa shape index (κ3) is 6.34. The highest BCUT2D eigenvalue weighted by atomic mass is 16.6. The van der Waals surface area contributed by atoms with E-state index in [0.29, 0.717) is 12.2 Å². The number of carbonyl (C=O) groups excluding carboxylic acids is 1. The van der Waals surface area contributed by atoms with Crippen LogP contribution in [0.25, 0.3) is 0 Å². The second-order valence-corrected chi connectivity index (χ2v) is 7.22. The Hall–Kier alpha value is -2.83. The zero-order valence-corrected chi connectivity index (χ0v) is 16.7. The van der Waals surface area contributed by atoms with Crippen LogP contribution >= 0.6 is 0 Å². The number of carbonyl (C=O) groups is 1. The van der Waals surface area contributed by atoms with E-state index >= 15 is 0 Å². The Balaban J connectivity index is 1.72. The zero-order chi connectivity index (χ0) is 20.7. The molecular formula is C23H26O6. The van der Waals surface area contributed by atoms with E-state index in [1.807, 2.05) is 60.7 Å². The monoisotopic (exact) mass is 398 g/mol. The molecule has 0 amide bonds. The van der Waals surface area contributed by atoms with Crippen LogP contribution in [0.4, 0.5) is 0 Å². The molecule has 1 N–H and O–H groups in total. The molecule has 3 rings (SSSR count). The lowest BCUT2D eigenvalue weighted by atomic mass is 10.2. The van der Waals surface area contributed by atoms with Gasteiger partial charge in [0.25, 0.3) is 0 Å². The Morgan fingerprint density at radius 3 is 2.03 bits per heavy atom. The topological polar surface area (TPSA) is 74.2 Å². The molecule has 6 heteroatoms. The van der Waals surface area contributed by atoms with E-state index in [-0.39, 0.29) is 25.6 Å². The zero-order valence-electron chi connectivity index (χ0n) is 16.7. The average Bonchev–Trinajstić information content (AvgIpc) is 2.99. The molecule has 0 spiro atoms. The van der Waals surface area contributed by atoms with Gasteiger partial charge in [0, 0.05) is 6.42 Å². The van der Waals surface area contributed by atoms with Crippen molar-refractivity contribution in [3.05, 3.63) is 83.3 Å². The van der Waals surface area contributed by atoms with Crippen LogP contribution in [-0.4, -0.2) is 29.6 Å². The van der Waals surface area contributed by atoms with Gasteiger partial charge in [-0.05, 0) is 25.0 Å². The van der Waals surface area contributed by atoms with Crippen LogP contribution in [0.15, 0.2) is 72.2 Å². The van der Waals surface area contributed by atoms with Gasteiger partial charge >= 0.3 is 5.97 Å². The summed E-state index contributed by atoms with van der Waals surface area (Å²) in [7, 11) is 0. The maximum atomic E-state index is 12.4. The number of esters is 1. The molecular weight excluding hydrogens is 372 g/mol. The summed E-state index contributed by atoms with van der Waals surface area (Å²) >= 11 is 0. The van der Waals surface area contributed by atoms with Crippen LogP contribution in [0.3, 0.4) is 0 Å². The van der Waals surface area contributed by atoms with E-state index in [0.717, 1.165) is 11.1 Å². The highest BCUT2D eigenvalue weighted by Gasteiger charge is 2.38. The van der Waals surface area contributed by atoms with Crippen LogP contribution in [0, 0.1) is 0 Å². The van der Waals surface area contributed by atoms with Crippen LogP contribution in [0.1, 0.15) is 31.4 Å². The summed E-state index contributed by atoms with van der Waals surface area (Å²) in [6.07, 6.45) is -0.280. The molecule has 0 saturated heterocycles. The largest absolute Gasteiger partial charge is 0.485 e. The minimum atomic E-state index is -1.26. The maximum absolute atomic E-state index is 12.4. The van der Waals surface area contributed by atoms with Gasteiger partial charge in [0.2, 0.25) is 5.76 Å². The fourth-order valence-corrected chi connectivity index (χ4v) is 2.84. The van der Waals surface area contributed by atoms with E-state index in [4.69, 9.17) is 18.9 Å². The third-order valence-electron chi connectivity index (χ3n) is 4.25. The van der Waals surface area contributed by atoms with Crippen molar-refractivity contribution in [2.75, 3.05) is 6.61 Å². The first-order chi connectivity index (χ1) is 13.9. The molecule has 1 unspecified atom stereocenters. The van der Waals surface area contributed by atoms with Gasteiger partial charge < -0.3 is 24.1 Å². The first-order valence-electron chi connectivity index (χ1n) is 9.57. The van der Waals surface area contributed by atoms with Gasteiger partial charge in [-0.15, -0.1) is 0 Å². The minimum Gasteiger partial charge on any atom is -0.485 e. The van der Waals surface area contributed by atoms with Crippen molar-refractivity contribution >= 4 is 5.97 Å². The fourth-order valence-electron chi connectivity index (χ4n) is 2.84. The smallest absolute Gasteiger partial charge is 0.378 e. The molecule has 0 aliphatic carbocycles. The fraction of sp³-hybridized carbons (Fsp3) is 0.348. The number of benzene rings is 2. The van der Waals surface area contributed by atoms with Crippen molar-refractivity contribution in [3.8, 4) is 0 Å². The molecule has 0 radical (unpaired) electrons. The number of cyclic esters (lactones) is 1. The molecule has 2 aromatic rings. The lowest BCUT2D eigenvalue weighted by Crippen LogP contribution is -2.26. The highest BCUT2D eigenvalue weighted by Crippen LogP contribution is 2.29. The van der Waals surface area contributed by atoms with E-state index in [1.54, 1.807) is 13.8 Å². The first kappa shape index (κ1) is 20.9. The SMILES string of the molecule is CC(C)(O)OCCC1OC(=O)C(OCc2ccccc2)=C1OCc1ccccc1. The molecule has 0 bridgehead atoms. The molecule has 6 nitrogen and oxygen atoms in total. The van der Waals surface area contributed by atoms with E-state index < -0.39 is 17.9 Å². The average molecular weight is 398 g/mol. The van der Waals surface area contributed by atoms with Crippen molar-refractivity contribution in [2.45, 2.75) is 45.4 Å².